The van der Waals surface area contributed by atoms with E-state index in [2.05, 4.69) is 20.8 Å². The van der Waals surface area contributed by atoms with Gasteiger partial charge in [0.05, 0.1) is 17.1 Å². The molecule has 20 heavy (non-hydrogen) atoms. The molecule has 0 atom stereocenters. The van der Waals surface area contributed by atoms with Gasteiger partial charge in [-0.25, -0.2) is 0 Å². The lowest BCUT2D eigenvalue weighted by atomic mass is 10.3. The zero-order valence-electron chi connectivity index (χ0n) is 11.3. The minimum absolute atomic E-state index is 0.190. The van der Waals surface area contributed by atoms with Crippen LogP contribution >= 0.6 is 23.1 Å². The molecular formula is C11H15N5O2S2. The minimum Gasteiger partial charge on any atom is -0.396 e. The highest BCUT2D eigenvalue weighted by molar-refractivity contribution is 7.99. The Balaban J connectivity index is 2.20. The third-order valence-electron chi connectivity index (χ3n) is 2.51. The number of anilines is 2. The van der Waals surface area contributed by atoms with Gasteiger partial charge < -0.3 is 20.9 Å². The number of nitrogen functional groups attached to an aromatic ring is 1. The van der Waals surface area contributed by atoms with Gasteiger partial charge >= 0.3 is 0 Å². The number of hydrogen-bond acceptors (Lipinski definition) is 8. The maximum Gasteiger partial charge on any atom is 0.263 e. The molecule has 2 aromatic heterocycles. The molecule has 0 bridgehead atoms. The number of rotatable bonds is 5. The molecule has 0 aliphatic heterocycles. The van der Waals surface area contributed by atoms with E-state index in [4.69, 9.17) is 10.3 Å². The summed E-state index contributed by atoms with van der Waals surface area (Å²) in [6, 6.07) is 0. The third kappa shape index (κ3) is 2.88. The Morgan fingerprint density at radius 1 is 1.55 bits per heavy atom. The fraction of sp³-hybridized carbons (Fsp3) is 0.364. The Morgan fingerprint density at radius 2 is 2.30 bits per heavy atom. The van der Waals surface area contributed by atoms with Crippen molar-refractivity contribution in [3.8, 4) is 0 Å². The van der Waals surface area contributed by atoms with Crippen LogP contribution in [0.3, 0.4) is 0 Å². The van der Waals surface area contributed by atoms with E-state index in [1.807, 2.05) is 6.26 Å². The van der Waals surface area contributed by atoms with Crippen molar-refractivity contribution in [3.05, 3.63) is 16.6 Å². The summed E-state index contributed by atoms with van der Waals surface area (Å²) in [5, 5.41) is 10.3. The molecule has 0 aliphatic rings. The van der Waals surface area contributed by atoms with Crippen molar-refractivity contribution >= 4 is 39.7 Å². The number of aryl methyl sites for hydroxylation is 1. The van der Waals surface area contributed by atoms with Crippen LogP contribution in [0.1, 0.15) is 21.4 Å². The monoisotopic (exact) mass is 313 g/mol. The lowest BCUT2D eigenvalue weighted by Crippen LogP contribution is -2.17. The van der Waals surface area contributed by atoms with Gasteiger partial charge in [-0.15, -0.1) is 23.1 Å². The van der Waals surface area contributed by atoms with E-state index in [0.29, 0.717) is 28.8 Å². The molecule has 0 unspecified atom stereocenters. The van der Waals surface area contributed by atoms with E-state index in [0.717, 1.165) is 9.90 Å². The van der Waals surface area contributed by atoms with Gasteiger partial charge in [0.2, 0.25) is 5.89 Å². The van der Waals surface area contributed by atoms with Crippen LogP contribution in [0.2, 0.25) is 0 Å². The SMILES string of the molecule is CNC(=O)c1sc(NCc2nc(C)no2)c(SC)c1N. The maximum absolute atomic E-state index is 11.7. The van der Waals surface area contributed by atoms with Crippen LogP contribution in [-0.4, -0.2) is 29.4 Å². The van der Waals surface area contributed by atoms with Crippen molar-refractivity contribution in [1.29, 1.82) is 0 Å². The van der Waals surface area contributed by atoms with Crippen molar-refractivity contribution in [2.45, 2.75) is 18.4 Å². The number of aromatic nitrogens is 2. The van der Waals surface area contributed by atoms with Gasteiger partial charge in [-0.05, 0) is 13.2 Å². The minimum atomic E-state index is -0.190. The molecule has 0 spiro atoms. The van der Waals surface area contributed by atoms with Crippen LogP contribution in [0.4, 0.5) is 10.7 Å². The van der Waals surface area contributed by atoms with E-state index < -0.39 is 0 Å². The fourth-order valence-electron chi connectivity index (χ4n) is 1.60. The zero-order valence-corrected chi connectivity index (χ0v) is 12.9. The summed E-state index contributed by atoms with van der Waals surface area (Å²) < 4.78 is 5.03. The van der Waals surface area contributed by atoms with Gasteiger partial charge in [0, 0.05) is 7.05 Å². The second kappa shape index (κ2) is 6.14. The highest BCUT2D eigenvalue weighted by Gasteiger charge is 2.20. The van der Waals surface area contributed by atoms with Crippen LogP contribution in [-0.2, 0) is 6.54 Å². The number of hydrogen-bond donors (Lipinski definition) is 3. The molecule has 0 aromatic carbocycles. The van der Waals surface area contributed by atoms with Gasteiger partial charge in [-0.3, -0.25) is 4.79 Å². The molecule has 2 heterocycles. The Bertz CT molecular complexity index is 622. The number of thiophene rings is 1. The number of carbonyl (C=O) groups excluding carboxylic acids is 1. The third-order valence-corrected chi connectivity index (χ3v) is 4.63. The first-order chi connectivity index (χ1) is 9.56. The fourth-order valence-corrected chi connectivity index (χ4v) is 3.57. The zero-order chi connectivity index (χ0) is 14.7. The van der Waals surface area contributed by atoms with Gasteiger partial charge in [0.1, 0.15) is 9.88 Å². The maximum atomic E-state index is 11.7. The average Bonchev–Trinajstić information content (AvgIpc) is 2.99. The topological polar surface area (TPSA) is 106 Å². The first kappa shape index (κ1) is 14.7. The predicted octanol–water partition coefficient (Wildman–Crippen LogP) is 1.72. The van der Waals surface area contributed by atoms with Crippen LogP contribution in [0, 0.1) is 6.92 Å². The summed E-state index contributed by atoms with van der Waals surface area (Å²) in [6.45, 7) is 2.15. The number of carbonyl (C=O) groups is 1. The smallest absolute Gasteiger partial charge is 0.263 e. The van der Waals surface area contributed by atoms with Crippen molar-refractivity contribution in [2.24, 2.45) is 0 Å². The van der Waals surface area contributed by atoms with E-state index in [1.54, 1.807) is 14.0 Å². The summed E-state index contributed by atoms with van der Waals surface area (Å²) >= 11 is 2.80. The Morgan fingerprint density at radius 3 is 2.85 bits per heavy atom. The van der Waals surface area contributed by atoms with Crippen molar-refractivity contribution in [2.75, 3.05) is 24.4 Å². The number of nitrogens with zero attached hydrogens (tertiary/aromatic N) is 2. The van der Waals surface area contributed by atoms with Crippen molar-refractivity contribution < 1.29 is 9.32 Å². The molecule has 2 aromatic rings. The van der Waals surface area contributed by atoms with Crippen LogP contribution in [0.15, 0.2) is 9.42 Å². The predicted molar refractivity (Wildman–Crippen MR) is 80.3 cm³/mol. The molecule has 1 amide bonds. The summed E-state index contributed by atoms with van der Waals surface area (Å²) in [5.74, 6) is 0.885. The molecule has 0 radical (unpaired) electrons. The molecule has 0 fully saturated rings. The van der Waals surface area contributed by atoms with Crippen LogP contribution in [0.25, 0.3) is 0 Å². The quantitative estimate of drug-likeness (QED) is 0.721. The molecule has 2 rings (SSSR count). The molecule has 9 heteroatoms. The first-order valence-electron chi connectivity index (χ1n) is 5.78. The lowest BCUT2D eigenvalue weighted by molar-refractivity contribution is 0.0968. The Kier molecular flexibility index (Phi) is 4.50. The molecule has 0 saturated heterocycles. The summed E-state index contributed by atoms with van der Waals surface area (Å²) in [6.07, 6.45) is 1.91. The summed E-state index contributed by atoms with van der Waals surface area (Å²) in [7, 11) is 1.58. The number of thioether (sulfide) groups is 1. The molecule has 108 valence electrons. The summed E-state index contributed by atoms with van der Waals surface area (Å²) in [4.78, 5) is 17.2. The number of amides is 1. The van der Waals surface area contributed by atoms with Crippen molar-refractivity contribution in [1.82, 2.24) is 15.5 Å². The second-order valence-electron chi connectivity index (χ2n) is 3.88. The standard InChI is InChI=1S/C11H15N5O2S2/c1-5-15-6(18-16-5)4-14-11-9(19-3)7(12)8(20-11)10(17)13-2/h14H,4,12H2,1-3H3,(H,13,17). The highest BCUT2D eigenvalue weighted by Crippen LogP contribution is 2.41. The number of nitrogens with one attached hydrogen (secondary N) is 2. The highest BCUT2D eigenvalue weighted by atomic mass is 32.2. The first-order valence-corrected chi connectivity index (χ1v) is 7.82. The van der Waals surface area contributed by atoms with Gasteiger partial charge in [-0.2, -0.15) is 4.98 Å². The molecule has 4 N–H and O–H groups in total. The Hall–Kier alpha value is -1.74. The van der Waals surface area contributed by atoms with E-state index >= 15 is 0 Å². The normalized spacial score (nSPS) is 10.6. The summed E-state index contributed by atoms with van der Waals surface area (Å²) in [5.41, 5.74) is 6.49. The molecule has 7 nitrogen and oxygen atoms in total. The van der Waals surface area contributed by atoms with E-state index in [9.17, 15) is 4.79 Å². The lowest BCUT2D eigenvalue weighted by Gasteiger charge is -2.02. The average molecular weight is 313 g/mol. The van der Waals surface area contributed by atoms with Gasteiger partial charge in [-0.1, -0.05) is 5.16 Å². The van der Waals surface area contributed by atoms with E-state index in [1.165, 1.54) is 23.1 Å². The van der Waals surface area contributed by atoms with Crippen LogP contribution in [0.5, 0.6) is 0 Å². The molecule has 0 aliphatic carbocycles. The number of nitrogens with two attached hydrogens (primary N) is 1. The Labute approximate surface area is 124 Å². The van der Waals surface area contributed by atoms with Crippen LogP contribution < -0.4 is 16.4 Å². The molecular weight excluding hydrogens is 298 g/mol. The van der Waals surface area contributed by atoms with E-state index in [-0.39, 0.29) is 5.91 Å². The van der Waals surface area contributed by atoms with Gasteiger partial charge in [0.25, 0.3) is 5.91 Å². The van der Waals surface area contributed by atoms with Crippen molar-refractivity contribution in [3.63, 3.8) is 0 Å². The second-order valence-corrected chi connectivity index (χ2v) is 5.71. The molecule has 0 saturated carbocycles. The van der Waals surface area contributed by atoms with Gasteiger partial charge in [0.15, 0.2) is 5.82 Å². The largest absolute Gasteiger partial charge is 0.396 e.